The number of aliphatic carboxylic acids is 1. The van der Waals surface area contributed by atoms with Crippen LogP contribution in [0.5, 0.6) is 0 Å². The third-order valence-electron chi connectivity index (χ3n) is 2.81. The van der Waals surface area contributed by atoms with Crippen molar-refractivity contribution in [1.29, 1.82) is 0 Å². The van der Waals surface area contributed by atoms with Gasteiger partial charge in [-0.1, -0.05) is 6.08 Å². The summed E-state index contributed by atoms with van der Waals surface area (Å²) >= 11 is 0. The Balaban J connectivity index is 2.19. The summed E-state index contributed by atoms with van der Waals surface area (Å²) in [6.45, 7) is 4.09. The van der Waals surface area contributed by atoms with Crippen LogP contribution in [0.4, 0.5) is 4.79 Å². The SMILES string of the molecule is CCOC(=O)N1CCC(NC/C=C/C(=O)O)CC1. The summed E-state index contributed by atoms with van der Waals surface area (Å²) in [4.78, 5) is 23.4. The number of nitrogens with zero attached hydrogens (tertiary/aromatic N) is 1. The second-order valence-electron chi connectivity index (χ2n) is 4.11. The molecule has 1 heterocycles. The lowest BCUT2D eigenvalue weighted by molar-refractivity contribution is -0.131. The number of rotatable bonds is 5. The summed E-state index contributed by atoms with van der Waals surface area (Å²) in [6, 6.07) is 0.328. The van der Waals surface area contributed by atoms with Crippen molar-refractivity contribution in [3.63, 3.8) is 0 Å². The maximum atomic E-state index is 11.4. The molecule has 0 saturated carbocycles. The van der Waals surface area contributed by atoms with E-state index in [0.717, 1.165) is 18.9 Å². The summed E-state index contributed by atoms with van der Waals surface area (Å²) in [5.74, 6) is -0.936. The molecule has 1 aliphatic heterocycles. The van der Waals surface area contributed by atoms with E-state index in [2.05, 4.69) is 5.32 Å². The van der Waals surface area contributed by atoms with E-state index in [9.17, 15) is 9.59 Å². The van der Waals surface area contributed by atoms with Crippen molar-refractivity contribution in [2.75, 3.05) is 26.2 Å². The fourth-order valence-electron chi connectivity index (χ4n) is 1.88. The van der Waals surface area contributed by atoms with Crippen LogP contribution < -0.4 is 5.32 Å². The van der Waals surface area contributed by atoms with Gasteiger partial charge < -0.3 is 20.1 Å². The van der Waals surface area contributed by atoms with Gasteiger partial charge in [0.1, 0.15) is 0 Å². The number of hydrogen-bond donors (Lipinski definition) is 2. The summed E-state index contributed by atoms with van der Waals surface area (Å²) in [6.07, 6.45) is 4.18. The van der Waals surface area contributed by atoms with E-state index in [-0.39, 0.29) is 6.09 Å². The highest BCUT2D eigenvalue weighted by atomic mass is 16.6. The smallest absolute Gasteiger partial charge is 0.409 e. The first kappa shape index (κ1) is 14.5. The Bertz CT molecular complexity index is 309. The van der Waals surface area contributed by atoms with Gasteiger partial charge in [-0.15, -0.1) is 0 Å². The van der Waals surface area contributed by atoms with E-state index in [1.807, 2.05) is 0 Å². The summed E-state index contributed by atoms with van der Waals surface area (Å²) in [5, 5.41) is 11.7. The quantitative estimate of drug-likeness (QED) is 0.712. The standard InChI is InChI=1S/C12H20N2O4/c1-2-18-12(17)14-8-5-10(6-9-14)13-7-3-4-11(15)16/h3-4,10,13H,2,5-9H2,1H3,(H,15,16)/b4-3+. The number of hydrogen-bond acceptors (Lipinski definition) is 4. The maximum absolute atomic E-state index is 11.4. The predicted octanol–water partition coefficient (Wildman–Crippen LogP) is 0.838. The first-order valence-electron chi connectivity index (χ1n) is 6.18. The first-order valence-corrected chi connectivity index (χ1v) is 6.18. The van der Waals surface area contributed by atoms with E-state index in [1.165, 1.54) is 0 Å². The highest BCUT2D eigenvalue weighted by Gasteiger charge is 2.22. The van der Waals surface area contributed by atoms with Crippen molar-refractivity contribution < 1.29 is 19.4 Å². The summed E-state index contributed by atoms with van der Waals surface area (Å²) < 4.78 is 4.93. The van der Waals surface area contributed by atoms with Crippen LogP contribution in [-0.2, 0) is 9.53 Å². The molecule has 102 valence electrons. The fraction of sp³-hybridized carbons (Fsp3) is 0.667. The van der Waals surface area contributed by atoms with E-state index in [0.29, 0.717) is 32.3 Å². The summed E-state index contributed by atoms with van der Waals surface area (Å²) in [7, 11) is 0. The average Bonchev–Trinajstić information content (AvgIpc) is 2.35. The molecule has 0 aromatic heterocycles. The molecule has 18 heavy (non-hydrogen) atoms. The Kier molecular flexibility index (Phi) is 6.21. The molecule has 1 amide bonds. The topological polar surface area (TPSA) is 78.9 Å². The van der Waals surface area contributed by atoms with Gasteiger partial charge in [0.2, 0.25) is 0 Å². The number of nitrogens with one attached hydrogen (secondary N) is 1. The molecule has 1 rings (SSSR count). The van der Waals surface area contributed by atoms with Crippen LogP contribution in [-0.4, -0.2) is 54.4 Å². The van der Waals surface area contributed by atoms with Gasteiger partial charge in [0, 0.05) is 31.8 Å². The predicted molar refractivity (Wildman–Crippen MR) is 66.4 cm³/mol. The molecule has 1 fully saturated rings. The third kappa shape index (κ3) is 5.18. The van der Waals surface area contributed by atoms with Crippen LogP contribution in [0.2, 0.25) is 0 Å². The minimum Gasteiger partial charge on any atom is -0.478 e. The average molecular weight is 256 g/mol. The lowest BCUT2D eigenvalue weighted by Crippen LogP contribution is -2.45. The van der Waals surface area contributed by atoms with E-state index in [1.54, 1.807) is 17.9 Å². The number of carboxylic acid groups (broad SMARTS) is 1. The minimum atomic E-state index is -0.936. The zero-order chi connectivity index (χ0) is 13.4. The van der Waals surface area contributed by atoms with Gasteiger partial charge >= 0.3 is 12.1 Å². The van der Waals surface area contributed by atoms with Crippen molar-refractivity contribution in [2.45, 2.75) is 25.8 Å². The van der Waals surface area contributed by atoms with E-state index in [4.69, 9.17) is 9.84 Å². The summed E-state index contributed by atoms with van der Waals surface area (Å²) in [5.41, 5.74) is 0. The molecular formula is C12H20N2O4. The second kappa shape index (κ2) is 7.71. The molecule has 0 aliphatic carbocycles. The van der Waals surface area contributed by atoms with Crippen molar-refractivity contribution in [3.8, 4) is 0 Å². The van der Waals surface area contributed by atoms with Crippen LogP contribution in [0.1, 0.15) is 19.8 Å². The molecule has 0 radical (unpaired) electrons. The normalized spacial score (nSPS) is 17.1. The molecule has 0 aromatic carbocycles. The van der Waals surface area contributed by atoms with Gasteiger partial charge in [-0.2, -0.15) is 0 Å². The van der Waals surface area contributed by atoms with Gasteiger partial charge in [-0.05, 0) is 19.8 Å². The van der Waals surface area contributed by atoms with Crippen LogP contribution in [0, 0.1) is 0 Å². The van der Waals surface area contributed by atoms with Crippen molar-refractivity contribution in [2.24, 2.45) is 0 Å². The van der Waals surface area contributed by atoms with Crippen LogP contribution >= 0.6 is 0 Å². The van der Waals surface area contributed by atoms with Crippen molar-refractivity contribution in [1.82, 2.24) is 10.2 Å². The number of carbonyl (C=O) groups excluding carboxylic acids is 1. The van der Waals surface area contributed by atoms with Crippen LogP contribution in [0.25, 0.3) is 0 Å². The van der Waals surface area contributed by atoms with Gasteiger partial charge in [-0.3, -0.25) is 0 Å². The number of piperidine rings is 1. The van der Waals surface area contributed by atoms with Crippen LogP contribution in [0.15, 0.2) is 12.2 Å². The number of amides is 1. The van der Waals surface area contributed by atoms with Gasteiger partial charge in [0.15, 0.2) is 0 Å². The van der Waals surface area contributed by atoms with Gasteiger partial charge in [0.25, 0.3) is 0 Å². The number of ether oxygens (including phenoxy) is 1. The molecule has 0 bridgehead atoms. The van der Waals surface area contributed by atoms with Crippen LogP contribution in [0.3, 0.4) is 0 Å². The molecule has 1 aliphatic rings. The molecule has 1 saturated heterocycles. The fourth-order valence-corrected chi connectivity index (χ4v) is 1.88. The van der Waals surface area contributed by atoms with Gasteiger partial charge in [0.05, 0.1) is 6.61 Å². The number of likely N-dealkylation sites (tertiary alicyclic amines) is 1. The van der Waals surface area contributed by atoms with E-state index < -0.39 is 5.97 Å². The molecule has 2 N–H and O–H groups in total. The Morgan fingerprint density at radius 1 is 1.44 bits per heavy atom. The monoisotopic (exact) mass is 256 g/mol. The maximum Gasteiger partial charge on any atom is 0.409 e. The Morgan fingerprint density at radius 2 is 2.11 bits per heavy atom. The van der Waals surface area contributed by atoms with E-state index >= 15 is 0 Å². The highest BCUT2D eigenvalue weighted by molar-refractivity contribution is 5.79. The lowest BCUT2D eigenvalue weighted by atomic mass is 10.1. The molecule has 0 atom stereocenters. The second-order valence-corrected chi connectivity index (χ2v) is 4.11. The highest BCUT2D eigenvalue weighted by Crippen LogP contribution is 2.11. The zero-order valence-electron chi connectivity index (χ0n) is 10.6. The number of carboxylic acids is 1. The largest absolute Gasteiger partial charge is 0.478 e. The third-order valence-corrected chi connectivity index (χ3v) is 2.81. The molecular weight excluding hydrogens is 236 g/mol. The van der Waals surface area contributed by atoms with Gasteiger partial charge in [-0.25, -0.2) is 9.59 Å². The van der Waals surface area contributed by atoms with Crippen molar-refractivity contribution in [3.05, 3.63) is 12.2 Å². The Labute approximate surface area is 107 Å². The molecule has 0 spiro atoms. The first-order chi connectivity index (χ1) is 8.63. The molecule has 0 aromatic rings. The lowest BCUT2D eigenvalue weighted by Gasteiger charge is -2.31. The zero-order valence-corrected chi connectivity index (χ0v) is 10.6. The number of carbonyl (C=O) groups is 2. The molecule has 0 unspecified atom stereocenters. The Hall–Kier alpha value is -1.56. The molecule has 6 nitrogen and oxygen atoms in total. The molecule has 6 heteroatoms. The minimum absolute atomic E-state index is 0.248. The Morgan fingerprint density at radius 3 is 2.67 bits per heavy atom. The van der Waals surface area contributed by atoms with Crippen molar-refractivity contribution >= 4 is 12.1 Å².